The lowest BCUT2D eigenvalue weighted by Gasteiger charge is -1.91. The number of fused-ring (bicyclic) bond motifs is 1. The third-order valence-corrected chi connectivity index (χ3v) is 1.49. The minimum atomic E-state index is 1.17. The third-order valence-electron chi connectivity index (χ3n) is 1.49. The van der Waals surface area contributed by atoms with E-state index in [1.54, 1.807) is 6.20 Å². The molecule has 1 aromatic carbocycles. The Morgan fingerprint density at radius 1 is 1.20 bits per heavy atom. The van der Waals surface area contributed by atoms with Crippen molar-refractivity contribution in [2.45, 2.75) is 0 Å². The molecule has 1 heterocycles. The number of hydrogen-bond acceptors (Lipinski definition) is 1. The Labute approximate surface area is 59.3 Å². The topological polar surface area (TPSA) is 12.9 Å². The van der Waals surface area contributed by atoms with Crippen LogP contribution in [0.5, 0.6) is 0 Å². The van der Waals surface area contributed by atoms with Crippen LogP contribution < -0.4 is 0 Å². The van der Waals surface area contributed by atoms with Crippen LogP contribution in [0.25, 0.3) is 10.8 Å². The molecule has 0 fully saturated rings. The highest BCUT2D eigenvalue weighted by Gasteiger charge is 1.86. The summed E-state index contributed by atoms with van der Waals surface area (Å²) in [5, 5.41) is 2.36. The second-order valence-corrected chi connectivity index (χ2v) is 2.15. The minimum Gasteiger partial charge on any atom is -0.264 e. The van der Waals surface area contributed by atoms with E-state index in [9.17, 15) is 0 Å². The summed E-state index contributed by atoms with van der Waals surface area (Å²) >= 11 is 0. The summed E-state index contributed by atoms with van der Waals surface area (Å²) in [6, 6.07) is 10.8. The maximum absolute atomic E-state index is 4.00. The van der Waals surface area contributed by atoms with Gasteiger partial charge in [-0.15, -0.1) is 0 Å². The first-order valence-corrected chi connectivity index (χ1v) is 3.17. The monoisotopic (exact) mass is 128 g/mol. The lowest BCUT2D eigenvalue weighted by Crippen LogP contribution is -1.71. The highest BCUT2D eigenvalue weighted by molar-refractivity contribution is 5.80. The Kier molecular flexibility index (Phi) is 1.14. The van der Waals surface area contributed by atoms with E-state index in [1.165, 1.54) is 10.8 Å². The molecule has 47 valence electrons. The van der Waals surface area contributed by atoms with E-state index in [-0.39, 0.29) is 0 Å². The highest BCUT2D eigenvalue weighted by Crippen LogP contribution is 2.09. The van der Waals surface area contributed by atoms with Crippen LogP contribution in [0, 0.1) is 6.07 Å². The Morgan fingerprint density at radius 2 is 2.20 bits per heavy atom. The Morgan fingerprint density at radius 3 is 3.10 bits per heavy atom. The number of rotatable bonds is 0. The van der Waals surface area contributed by atoms with E-state index in [2.05, 4.69) is 11.1 Å². The van der Waals surface area contributed by atoms with Gasteiger partial charge in [-0.25, -0.2) is 0 Å². The van der Waals surface area contributed by atoms with Crippen molar-refractivity contribution >= 4 is 10.8 Å². The van der Waals surface area contributed by atoms with Crippen molar-refractivity contribution in [3.05, 3.63) is 42.7 Å². The summed E-state index contributed by atoms with van der Waals surface area (Å²) in [5.41, 5.74) is 0. The average molecular weight is 128 g/mol. The molecular weight excluding hydrogens is 122 g/mol. The van der Waals surface area contributed by atoms with Crippen molar-refractivity contribution in [2.75, 3.05) is 0 Å². The first-order chi connectivity index (χ1) is 4.97. The molecule has 2 rings (SSSR count). The summed E-state index contributed by atoms with van der Waals surface area (Å²) in [7, 11) is 0. The van der Waals surface area contributed by atoms with Crippen LogP contribution in [-0.4, -0.2) is 4.98 Å². The number of pyridine rings is 1. The average Bonchev–Trinajstić information content (AvgIpc) is 2.05. The maximum atomic E-state index is 4.00. The van der Waals surface area contributed by atoms with Crippen LogP contribution in [0.4, 0.5) is 0 Å². The summed E-state index contributed by atoms with van der Waals surface area (Å²) in [5.74, 6) is 0. The van der Waals surface area contributed by atoms with Gasteiger partial charge in [-0.1, -0.05) is 12.1 Å². The van der Waals surface area contributed by atoms with Gasteiger partial charge >= 0.3 is 0 Å². The predicted molar refractivity (Wildman–Crippen MR) is 40.6 cm³/mol. The van der Waals surface area contributed by atoms with Gasteiger partial charge < -0.3 is 0 Å². The molecule has 0 saturated heterocycles. The molecular formula is C9H6N. The molecule has 0 saturated carbocycles. The standard InChI is InChI=1S/C9H6N/c1-2-4-9-7-10-6-5-8(9)3-1/h2-7H. The van der Waals surface area contributed by atoms with Gasteiger partial charge in [0.05, 0.1) is 0 Å². The zero-order valence-electron chi connectivity index (χ0n) is 5.41. The van der Waals surface area contributed by atoms with Crippen molar-refractivity contribution in [2.24, 2.45) is 0 Å². The fourth-order valence-corrected chi connectivity index (χ4v) is 0.964. The van der Waals surface area contributed by atoms with Crippen LogP contribution in [0.1, 0.15) is 0 Å². The van der Waals surface area contributed by atoms with Crippen LogP contribution in [0.3, 0.4) is 0 Å². The molecule has 0 aliphatic rings. The molecule has 0 bridgehead atoms. The molecule has 0 atom stereocenters. The zero-order valence-corrected chi connectivity index (χ0v) is 5.41. The van der Waals surface area contributed by atoms with Crippen LogP contribution in [-0.2, 0) is 0 Å². The van der Waals surface area contributed by atoms with Crippen molar-refractivity contribution < 1.29 is 0 Å². The lowest BCUT2D eigenvalue weighted by molar-refractivity contribution is 1.36. The van der Waals surface area contributed by atoms with Gasteiger partial charge in [-0.05, 0) is 23.6 Å². The number of hydrogen-bond donors (Lipinski definition) is 0. The summed E-state index contributed by atoms with van der Waals surface area (Å²) < 4.78 is 0. The van der Waals surface area contributed by atoms with Gasteiger partial charge in [-0.3, -0.25) is 4.98 Å². The first-order valence-electron chi connectivity index (χ1n) is 3.17. The van der Waals surface area contributed by atoms with Crippen molar-refractivity contribution in [3.63, 3.8) is 0 Å². The molecule has 1 aromatic heterocycles. The zero-order chi connectivity index (χ0) is 6.81. The van der Waals surface area contributed by atoms with Crippen molar-refractivity contribution in [1.82, 2.24) is 4.98 Å². The second kappa shape index (κ2) is 2.10. The van der Waals surface area contributed by atoms with Crippen molar-refractivity contribution in [3.8, 4) is 0 Å². The van der Waals surface area contributed by atoms with E-state index < -0.39 is 0 Å². The fourth-order valence-electron chi connectivity index (χ4n) is 0.964. The highest BCUT2D eigenvalue weighted by atomic mass is 14.6. The summed E-state index contributed by atoms with van der Waals surface area (Å²) in [4.78, 5) is 4.00. The first kappa shape index (κ1) is 5.42. The van der Waals surface area contributed by atoms with Crippen LogP contribution in [0.2, 0.25) is 0 Å². The molecule has 0 aliphatic heterocycles. The van der Waals surface area contributed by atoms with E-state index in [1.807, 2.05) is 30.5 Å². The normalized spacial score (nSPS) is 10.0. The van der Waals surface area contributed by atoms with Gasteiger partial charge in [0.25, 0.3) is 0 Å². The Balaban J connectivity index is 2.89. The SMILES string of the molecule is [c]1ccc2cnccc2c1. The maximum Gasteiger partial charge on any atom is 0.0346 e. The quantitative estimate of drug-likeness (QED) is 0.529. The number of nitrogens with zero attached hydrogens (tertiary/aromatic N) is 1. The summed E-state index contributed by atoms with van der Waals surface area (Å²) in [6.07, 6.45) is 3.64. The largest absolute Gasteiger partial charge is 0.264 e. The minimum absolute atomic E-state index is 1.17. The predicted octanol–water partition coefficient (Wildman–Crippen LogP) is 2.03. The molecule has 0 amide bonds. The van der Waals surface area contributed by atoms with Gasteiger partial charge in [-0.2, -0.15) is 0 Å². The Bertz CT molecular complexity index is 276. The fraction of sp³-hybridized carbons (Fsp3) is 0. The second-order valence-electron chi connectivity index (χ2n) is 2.15. The molecule has 1 radical (unpaired) electrons. The summed E-state index contributed by atoms with van der Waals surface area (Å²) in [6.45, 7) is 0. The molecule has 0 aliphatic carbocycles. The number of aromatic nitrogens is 1. The van der Waals surface area contributed by atoms with E-state index >= 15 is 0 Å². The van der Waals surface area contributed by atoms with Crippen LogP contribution >= 0.6 is 0 Å². The molecule has 1 heteroatoms. The third kappa shape index (κ3) is 0.760. The van der Waals surface area contributed by atoms with E-state index in [0.717, 1.165) is 0 Å². The molecule has 10 heavy (non-hydrogen) atoms. The molecule has 2 aromatic rings. The molecule has 0 unspecified atom stereocenters. The molecule has 0 spiro atoms. The Hall–Kier alpha value is -1.37. The van der Waals surface area contributed by atoms with E-state index in [4.69, 9.17) is 0 Å². The van der Waals surface area contributed by atoms with Gasteiger partial charge in [0.15, 0.2) is 0 Å². The van der Waals surface area contributed by atoms with Crippen molar-refractivity contribution in [1.29, 1.82) is 0 Å². The van der Waals surface area contributed by atoms with Crippen LogP contribution in [0.15, 0.2) is 36.7 Å². The van der Waals surface area contributed by atoms with E-state index in [0.29, 0.717) is 0 Å². The number of benzene rings is 1. The van der Waals surface area contributed by atoms with Gasteiger partial charge in [0.2, 0.25) is 0 Å². The lowest BCUT2D eigenvalue weighted by atomic mass is 10.2. The smallest absolute Gasteiger partial charge is 0.0346 e. The molecule has 1 nitrogen and oxygen atoms in total. The van der Waals surface area contributed by atoms with Gasteiger partial charge in [0, 0.05) is 17.8 Å². The van der Waals surface area contributed by atoms with Gasteiger partial charge in [0.1, 0.15) is 0 Å². The molecule has 0 N–H and O–H groups in total.